The summed E-state index contributed by atoms with van der Waals surface area (Å²) in [6.07, 6.45) is 1.87. The fourth-order valence-corrected chi connectivity index (χ4v) is 5.28. The van der Waals surface area contributed by atoms with E-state index in [4.69, 9.17) is 11.6 Å². The molecule has 0 fully saturated rings. The maximum Gasteiger partial charge on any atom is 0.166 e. The zero-order valence-corrected chi connectivity index (χ0v) is 17.1. The molecule has 0 saturated carbocycles. The molecule has 0 N–H and O–H groups in total. The van der Waals surface area contributed by atoms with Gasteiger partial charge in [-0.1, -0.05) is 35.9 Å². The highest BCUT2D eigenvalue weighted by atomic mass is 127. The van der Waals surface area contributed by atoms with E-state index in [9.17, 15) is 4.79 Å². The first-order valence-corrected chi connectivity index (χ1v) is 10.6. The highest BCUT2D eigenvalue weighted by molar-refractivity contribution is 14.1. The molecule has 2 aromatic carbocycles. The number of thiophene rings is 1. The predicted molar refractivity (Wildman–Crippen MR) is 113 cm³/mol. The molecule has 2 atom stereocenters. The van der Waals surface area contributed by atoms with E-state index in [0.717, 1.165) is 27.0 Å². The van der Waals surface area contributed by atoms with Crippen LogP contribution < -0.4 is 0 Å². The molecule has 4 heteroatoms. The van der Waals surface area contributed by atoms with Crippen LogP contribution in [0.25, 0.3) is 0 Å². The number of aryl methyl sites for hydroxylation is 1. The molecule has 0 radical (unpaired) electrons. The second-order valence-corrected chi connectivity index (χ2v) is 8.99. The molecule has 126 valence electrons. The third-order valence-electron chi connectivity index (χ3n) is 4.88. The van der Waals surface area contributed by atoms with Gasteiger partial charge in [0.05, 0.1) is 0 Å². The van der Waals surface area contributed by atoms with Crippen LogP contribution in [-0.2, 0) is 6.42 Å². The molecular formula is C21H16ClIOS. The van der Waals surface area contributed by atoms with Gasteiger partial charge >= 0.3 is 0 Å². The second kappa shape index (κ2) is 7.22. The summed E-state index contributed by atoms with van der Waals surface area (Å²) in [7, 11) is 0. The van der Waals surface area contributed by atoms with Gasteiger partial charge in [-0.05, 0) is 82.3 Å². The van der Waals surface area contributed by atoms with Crippen LogP contribution in [0.2, 0.25) is 5.02 Å². The van der Waals surface area contributed by atoms with Crippen LogP contribution >= 0.6 is 45.5 Å². The van der Waals surface area contributed by atoms with Crippen LogP contribution in [-0.4, -0.2) is 5.78 Å². The van der Waals surface area contributed by atoms with Crippen molar-refractivity contribution in [3.8, 4) is 0 Å². The molecule has 1 aliphatic carbocycles. The lowest BCUT2D eigenvalue weighted by Crippen LogP contribution is -2.27. The van der Waals surface area contributed by atoms with E-state index in [-0.39, 0.29) is 17.6 Å². The molecule has 0 saturated heterocycles. The number of hydrogen-bond acceptors (Lipinski definition) is 2. The topological polar surface area (TPSA) is 17.1 Å². The molecule has 0 amide bonds. The molecule has 0 bridgehead atoms. The number of carbonyl (C=O) groups is 1. The lowest BCUT2D eigenvalue weighted by molar-refractivity contribution is 0.0897. The van der Waals surface area contributed by atoms with E-state index in [0.29, 0.717) is 0 Å². The van der Waals surface area contributed by atoms with Crippen molar-refractivity contribution in [2.75, 3.05) is 0 Å². The van der Waals surface area contributed by atoms with Gasteiger partial charge in [0.2, 0.25) is 0 Å². The number of fused-ring (bicyclic) bond motifs is 1. The highest BCUT2D eigenvalue weighted by Crippen LogP contribution is 2.45. The van der Waals surface area contributed by atoms with Crippen LogP contribution in [0.4, 0.5) is 0 Å². The summed E-state index contributed by atoms with van der Waals surface area (Å²) >= 11 is 10.1. The van der Waals surface area contributed by atoms with Crippen molar-refractivity contribution >= 4 is 51.3 Å². The Kier molecular flexibility index (Phi) is 4.98. The van der Waals surface area contributed by atoms with E-state index in [1.54, 1.807) is 11.3 Å². The summed E-state index contributed by atoms with van der Waals surface area (Å²) in [4.78, 5) is 14.6. The Morgan fingerprint density at radius 3 is 2.48 bits per heavy atom. The smallest absolute Gasteiger partial charge is 0.166 e. The van der Waals surface area contributed by atoms with Gasteiger partial charge in [-0.3, -0.25) is 4.79 Å². The maximum atomic E-state index is 13.3. The van der Waals surface area contributed by atoms with E-state index in [2.05, 4.69) is 46.2 Å². The minimum Gasteiger partial charge on any atom is -0.294 e. The van der Waals surface area contributed by atoms with Crippen LogP contribution in [0.3, 0.4) is 0 Å². The van der Waals surface area contributed by atoms with Gasteiger partial charge in [0.1, 0.15) is 0 Å². The number of Topliss-reactive ketones (excluding diaryl/α,β-unsaturated/α-hetero) is 1. The lowest BCUT2D eigenvalue weighted by atomic mass is 9.73. The van der Waals surface area contributed by atoms with Crippen molar-refractivity contribution in [2.45, 2.75) is 18.8 Å². The molecule has 1 aliphatic rings. The van der Waals surface area contributed by atoms with Crippen LogP contribution in [0, 0.1) is 9.49 Å². The third-order valence-corrected chi connectivity index (χ3v) is 6.90. The fraction of sp³-hybridized carbons (Fsp3) is 0.190. The summed E-state index contributed by atoms with van der Waals surface area (Å²) < 4.78 is 1.15. The monoisotopic (exact) mass is 478 g/mol. The summed E-state index contributed by atoms with van der Waals surface area (Å²) in [5.41, 5.74) is 3.37. The first-order valence-electron chi connectivity index (χ1n) is 8.25. The Morgan fingerprint density at radius 2 is 1.76 bits per heavy atom. The van der Waals surface area contributed by atoms with Crippen LogP contribution in [0.1, 0.15) is 38.7 Å². The van der Waals surface area contributed by atoms with Crippen LogP contribution in [0.5, 0.6) is 0 Å². The largest absolute Gasteiger partial charge is 0.294 e. The summed E-state index contributed by atoms with van der Waals surface area (Å²) in [5, 5.41) is 2.87. The van der Waals surface area contributed by atoms with Gasteiger partial charge in [0.15, 0.2) is 5.78 Å². The molecule has 1 heterocycles. The first kappa shape index (κ1) is 17.3. The van der Waals surface area contributed by atoms with Crippen molar-refractivity contribution in [2.24, 2.45) is 5.92 Å². The molecule has 2 unspecified atom stereocenters. The average Bonchev–Trinajstić information content (AvgIpc) is 3.10. The molecular weight excluding hydrogens is 463 g/mol. The van der Waals surface area contributed by atoms with Gasteiger partial charge < -0.3 is 0 Å². The zero-order chi connectivity index (χ0) is 17.4. The zero-order valence-electron chi connectivity index (χ0n) is 13.4. The summed E-state index contributed by atoms with van der Waals surface area (Å²) in [6.45, 7) is 0. The Balaban J connectivity index is 1.76. The molecule has 0 spiro atoms. The van der Waals surface area contributed by atoms with Crippen LogP contribution in [0.15, 0.2) is 60.0 Å². The van der Waals surface area contributed by atoms with Crippen molar-refractivity contribution in [1.29, 1.82) is 0 Å². The van der Waals surface area contributed by atoms with Gasteiger partial charge in [-0.2, -0.15) is 0 Å². The van der Waals surface area contributed by atoms with E-state index >= 15 is 0 Å². The molecule has 0 aliphatic heterocycles. The van der Waals surface area contributed by atoms with Crippen molar-refractivity contribution in [1.82, 2.24) is 0 Å². The SMILES string of the molecule is O=C(c1ccc(I)cc1)C1CCc2ccsc2C1c1ccc(Cl)cc1. The van der Waals surface area contributed by atoms with Gasteiger partial charge in [0, 0.05) is 30.9 Å². The van der Waals surface area contributed by atoms with Crippen molar-refractivity contribution < 1.29 is 4.79 Å². The number of carbonyl (C=O) groups excluding carboxylic acids is 1. The third kappa shape index (κ3) is 3.42. The minimum absolute atomic E-state index is 0.0209. The molecule has 4 rings (SSSR count). The number of ketones is 1. The Hall–Kier alpha value is -1.17. The number of rotatable bonds is 3. The van der Waals surface area contributed by atoms with E-state index in [1.807, 2.05) is 36.4 Å². The summed E-state index contributed by atoms with van der Waals surface area (Å²) in [6, 6.07) is 18.1. The molecule has 1 nitrogen and oxygen atoms in total. The average molecular weight is 479 g/mol. The van der Waals surface area contributed by atoms with Crippen molar-refractivity contribution in [3.63, 3.8) is 0 Å². The minimum atomic E-state index is -0.0209. The van der Waals surface area contributed by atoms with Gasteiger partial charge in [-0.25, -0.2) is 0 Å². The lowest BCUT2D eigenvalue weighted by Gasteiger charge is -2.31. The molecule has 3 aromatic rings. The standard InChI is InChI=1S/C21H16ClIOS/c22-16-6-1-13(2-7-16)19-18(10-5-15-11-12-25-21(15)19)20(24)14-3-8-17(23)9-4-14/h1-4,6-9,11-12,18-19H,5,10H2. The van der Waals surface area contributed by atoms with E-state index in [1.165, 1.54) is 16.0 Å². The Bertz CT molecular complexity index is 898. The first-order chi connectivity index (χ1) is 12.1. The number of halogens is 2. The second-order valence-electron chi connectivity index (χ2n) is 6.36. The Morgan fingerprint density at radius 1 is 1.04 bits per heavy atom. The number of benzene rings is 2. The predicted octanol–water partition coefficient (Wildman–Crippen LogP) is 6.58. The van der Waals surface area contributed by atoms with Gasteiger partial charge in [0.25, 0.3) is 0 Å². The van der Waals surface area contributed by atoms with Crippen molar-refractivity contribution in [3.05, 3.63) is 90.1 Å². The highest BCUT2D eigenvalue weighted by Gasteiger charge is 2.36. The molecule has 1 aromatic heterocycles. The van der Waals surface area contributed by atoms with E-state index < -0.39 is 0 Å². The normalized spacial score (nSPS) is 19.4. The molecule has 25 heavy (non-hydrogen) atoms. The Labute approximate surface area is 170 Å². The number of hydrogen-bond donors (Lipinski definition) is 0. The van der Waals surface area contributed by atoms with Gasteiger partial charge in [-0.15, -0.1) is 11.3 Å². The fourth-order valence-electron chi connectivity index (χ4n) is 3.65. The quantitative estimate of drug-likeness (QED) is 0.307. The summed E-state index contributed by atoms with van der Waals surface area (Å²) in [5.74, 6) is 0.343. The maximum absolute atomic E-state index is 13.3.